The molecular formula is C21H27N3O3S. The number of anilines is 1. The van der Waals surface area contributed by atoms with Crippen LogP contribution in [0.5, 0.6) is 5.75 Å². The summed E-state index contributed by atoms with van der Waals surface area (Å²) in [4.78, 5) is 0. The van der Waals surface area contributed by atoms with E-state index in [4.69, 9.17) is 4.74 Å². The summed E-state index contributed by atoms with van der Waals surface area (Å²) in [6, 6.07) is 18.0. The van der Waals surface area contributed by atoms with Gasteiger partial charge in [-0.15, -0.1) is 4.40 Å². The van der Waals surface area contributed by atoms with Crippen LogP contribution < -0.4 is 15.4 Å². The van der Waals surface area contributed by atoms with Crippen LogP contribution >= 0.6 is 0 Å². The monoisotopic (exact) mass is 401 g/mol. The van der Waals surface area contributed by atoms with Gasteiger partial charge in [-0.1, -0.05) is 30.3 Å². The lowest BCUT2D eigenvalue weighted by Gasteiger charge is -2.30. The second-order valence-electron chi connectivity index (χ2n) is 7.13. The van der Waals surface area contributed by atoms with Crippen LogP contribution in [0.1, 0.15) is 37.2 Å². The van der Waals surface area contributed by atoms with Crippen molar-refractivity contribution in [3.05, 3.63) is 60.2 Å². The molecule has 0 heterocycles. The normalized spacial score (nSPS) is 20.4. The minimum atomic E-state index is -3.52. The van der Waals surface area contributed by atoms with Gasteiger partial charge in [0.15, 0.2) is 0 Å². The second-order valence-corrected chi connectivity index (χ2v) is 8.78. The lowest BCUT2D eigenvalue weighted by atomic mass is 9.82. The largest absolute Gasteiger partial charge is 0.497 e. The van der Waals surface area contributed by atoms with Crippen LogP contribution in [0.25, 0.3) is 0 Å². The molecule has 0 bridgehead atoms. The highest BCUT2D eigenvalue weighted by molar-refractivity contribution is 7.89. The Balaban J connectivity index is 1.64. The van der Waals surface area contributed by atoms with Gasteiger partial charge in [-0.3, -0.25) is 0 Å². The zero-order valence-electron chi connectivity index (χ0n) is 16.3. The molecule has 1 fully saturated rings. The van der Waals surface area contributed by atoms with E-state index >= 15 is 0 Å². The Bertz CT molecular complexity index is 888. The first-order valence-electron chi connectivity index (χ1n) is 9.45. The summed E-state index contributed by atoms with van der Waals surface area (Å²) in [5.41, 5.74) is 2.12. The average molecular weight is 402 g/mol. The van der Waals surface area contributed by atoms with Crippen LogP contribution in [0, 0.1) is 0 Å². The van der Waals surface area contributed by atoms with Crippen molar-refractivity contribution in [2.45, 2.75) is 37.6 Å². The molecule has 0 spiro atoms. The third-order valence-corrected chi connectivity index (χ3v) is 5.46. The molecule has 0 aliphatic heterocycles. The summed E-state index contributed by atoms with van der Waals surface area (Å²) < 4.78 is 32.5. The van der Waals surface area contributed by atoms with Crippen molar-refractivity contribution < 1.29 is 13.2 Å². The fourth-order valence-electron chi connectivity index (χ4n) is 3.55. The van der Waals surface area contributed by atoms with Gasteiger partial charge in [0.05, 0.1) is 13.4 Å². The number of nitrogens with zero attached hydrogens (tertiary/aromatic N) is 1. The summed E-state index contributed by atoms with van der Waals surface area (Å²) in [6.07, 6.45) is 5.16. The Kier molecular flexibility index (Phi) is 6.57. The van der Waals surface area contributed by atoms with E-state index in [2.05, 4.69) is 39.3 Å². The van der Waals surface area contributed by atoms with Gasteiger partial charge in [0.25, 0.3) is 10.0 Å². The smallest absolute Gasteiger partial charge is 0.253 e. The lowest BCUT2D eigenvalue weighted by molar-refractivity contribution is 0.373. The third kappa shape index (κ3) is 5.99. The van der Waals surface area contributed by atoms with Crippen molar-refractivity contribution in [1.29, 1.82) is 0 Å². The SMILES string of the molecule is COc1ccc(N/C(=N\S(C)(=O)=O)NC2CCC(c3ccccc3)CC2)cc1. The molecule has 0 saturated heterocycles. The summed E-state index contributed by atoms with van der Waals surface area (Å²) in [7, 11) is -1.92. The first kappa shape index (κ1) is 20.2. The summed E-state index contributed by atoms with van der Waals surface area (Å²) in [5, 5.41) is 6.37. The number of hydrogen-bond acceptors (Lipinski definition) is 3. The van der Waals surface area contributed by atoms with Crippen LogP contribution in [0.4, 0.5) is 5.69 Å². The molecule has 6 nitrogen and oxygen atoms in total. The molecule has 1 saturated carbocycles. The highest BCUT2D eigenvalue weighted by Crippen LogP contribution is 2.32. The first-order valence-corrected chi connectivity index (χ1v) is 11.3. The van der Waals surface area contributed by atoms with Gasteiger partial charge in [0.1, 0.15) is 5.75 Å². The van der Waals surface area contributed by atoms with E-state index in [1.54, 1.807) is 7.11 Å². The zero-order valence-corrected chi connectivity index (χ0v) is 17.1. The van der Waals surface area contributed by atoms with Crippen molar-refractivity contribution in [2.24, 2.45) is 4.40 Å². The number of rotatable bonds is 5. The standard InChI is InChI=1S/C21H27N3O3S/c1-27-20-14-12-19(13-15-20)23-21(24-28(2,25)26)22-18-10-8-17(9-11-18)16-6-4-3-5-7-16/h3-7,12-15,17-18H,8-11H2,1-2H3,(H2,22,23,24). The Labute approximate surface area is 167 Å². The van der Waals surface area contributed by atoms with Gasteiger partial charge < -0.3 is 15.4 Å². The number of hydrogen-bond donors (Lipinski definition) is 2. The van der Waals surface area contributed by atoms with Crippen molar-refractivity contribution >= 4 is 21.7 Å². The molecule has 0 radical (unpaired) electrons. The van der Waals surface area contributed by atoms with E-state index in [1.165, 1.54) is 5.56 Å². The van der Waals surface area contributed by atoms with Crippen LogP contribution in [0.2, 0.25) is 0 Å². The maximum atomic E-state index is 11.7. The molecule has 0 unspecified atom stereocenters. The average Bonchev–Trinajstić information content (AvgIpc) is 2.68. The van der Waals surface area contributed by atoms with Crippen molar-refractivity contribution in [2.75, 3.05) is 18.7 Å². The fraction of sp³-hybridized carbons (Fsp3) is 0.381. The maximum Gasteiger partial charge on any atom is 0.253 e. The molecule has 0 amide bonds. The Morgan fingerprint density at radius 2 is 1.64 bits per heavy atom. The van der Waals surface area contributed by atoms with Crippen LogP contribution in [-0.2, 0) is 10.0 Å². The Hall–Kier alpha value is -2.54. The summed E-state index contributed by atoms with van der Waals surface area (Å²) >= 11 is 0. The predicted octanol–water partition coefficient (Wildman–Crippen LogP) is 3.74. The molecule has 2 N–H and O–H groups in total. The van der Waals surface area contributed by atoms with Gasteiger partial charge >= 0.3 is 0 Å². The van der Waals surface area contributed by atoms with E-state index in [9.17, 15) is 8.42 Å². The minimum Gasteiger partial charge on any atom is -0.497 e. The van der Waals surface area contributed by atoms with Crippen molar-refractivity contribution in [3.8, 4) is 5.75 Å². The van der Waals surface area contributed by atoms with E-state index in [0.29, 0.717) is 5.92 Å². The number of ether oxygens (including phenoxy) is 1. The molecule has 0 aromatic heterocycles. The van der Waals surface area contributed by atoms with Crippen molar-refractivity contribution in [3.63, 3.8) is 0 Å². The number of methoxy groups -OCH3 is 1. The highest BCUT2D eigenvalue weighted by Gasteiger charge is 2.23. The number of benzene rings is 2. The molecule has 28 heavy (non-hydrogen) atoms. The quantitative estimate of drug-likeness (QED) is 0.589. The molecule has 2 aromatic rings. The van der Waals surface area contributed by atoms with Gasteiger partial charge in [0, 0.05) is 11.7 Å². The Morgan fingerprint density at radius 1 is 1.00 bits per heavy atom. The van der Waals surface area contributed by atoms with Crippen LogP contribution in [0.15, 0.2) is 59.0 Å². The molecule has 150 valence electrons. The maximum absolute atomic E-state index is 11.7. The number of guanidine groups is 1. The third-order valence-electron chi connectivity index (χ3n) is 4.95. The van der Waals surface area contributed by atoms with Gasteiger partial charge in [0.2, 0.25) is 5.96 Å². The number of sulfonamides is 1. The van der Waals surface area contributed by atoms with Gasteiger partial charge in [-0.05, 0) is 61.4 Å². The summed E-state index contributed by atoms with van der Waals surface area (Å²) in [6.45, 7) is 0. The lowest BCUT2D eigenvalue weighted by Crippen LogP contribution is -2.41. The van der Waals surface area contributed by atoms with E-state index in [1.807, 2.05) is 30.3 Å². The molecule has 3 rings (SSSR count). The summed E-state index contributed by atoms with van der Waals surface area (Å²) in [5.74, 6) is 1.55. The van der Waals surface area contributed by atoms with Gasteiger partial charge in [-0.25, -0.2) is 8.42 Å². The topological polar surface area (TPSA) is 79.8 Å². The first-order chi connectivity index (χ1) is 13.4. The molecule has 1 aliphatic rings. The molecule has 0 atom stereocenters. The molecule has 7 heteroatoms. The fourth-order valence-corrected chi connectivity index (χ4v) is 3.98. The minimum absolute atomic E-state index is 0.186. The molecule has 2 aromatic carbocycles. The highest BCUT2D eigenvalue weighted by atomic mass is 32.2. The van der Waals surface area contributed by atoms with E-state index in [-0.39, 0.29) is 12.0 Å². The Morgan fingerprint density at radius 3 is 2.21 bits per heavy atom. The predicted molar refractivity (Wildman–Crippen MR) is 113 cm³/mol. The van der Waals surface area contributed by atoms with Crippen LogP contribution in [-0.4, -0.2) is 33.8 Å². The van der Waals surface area contributed by atoms with Crippen LogP contribution in [0.3, 0.4) is 0 Å². The van der Waals surface area contributed by atoms with E-state index in [0.717, 1.165) is 43.4 Å². The van der Waals surface area contributed by atoms with E-state index < -0.39 is 10.0 Å². The number of nitrogens with one attached hydrogen (secondary N) is 2. The van der Waals surface area contributed by atoms with Crippen molar-refractivity contribution in [1.82, 2.24) is 5.32 Å². The molecular weight excluding hydrogens is 374 g/mol. The molecule has 1 aliphatic carbocycles. The zero-order chi connectivity index (χ0) is 20.0. The second kappa shape index (κ2) is 9.10. The van der Waals surface area contributed by atoms with Gasteiger partial charge in [-0.2, -0.15) is 0 Å².